The van der Waals surface area contributed by atoms with Gasteiger partial charge in [-0.2, -0.15) is 0 Å². The number of ether oxygens (including phenoxy) is 1. The number of halogens is 1. The maximum atomic E-state index is 13.5. The molecule has 2 aromatic carbocycles. The summed E-state index contributed by atoms with van der Waals surface area (Å²) < 4.78 is 5.48. The quantitative estimate of drug-likeness (QED) is 0.592. The molecule has 2 aliphatic rings. The molecule has 2 N–H and O–H groups in total. The van der Waals surface area contributed by atoms with E-state index in [1.54, 1.807) is 31.3 Å². The van der Waals surface area contributed by atoms with E-state index in [2.05, 4.69) is 10.6 Å². The molecule has 1 saturated carbocycles. The molecule has 0 heterocycles. The van der Waals surface area contributed by atoms with E-state index in [1.807, 2.05) is 24.3 Å². The second kappa shape index (κ2) is 10.3. The summed E-state index contributed by atoms with van der Waals surface area (Å²) in [6.07, 6.45) is 2.49. The molecular formula is C26H27ClN2O4. The van der Waals surface area contributed by atoms with Gasteiger partial charge in [-0.05, 0) is 62.3 Å². The molecule has 2 aliphatic carbocycles. The minimum atomic E-state index is -0.729. The lowest BCUT2D eigenvalue weighted by Gasteiger charge is -2.32. The number of alkyl carbamates (subject to hydrolysis) is 1. The molecule has 0 saturated heterocycles. The number of allylic oxidation sites excluding steroid dienone is 2. The number of Topliss-reactive ketones (excluding diaryl/α,β-unsaturated/α-hetero) is 2. The van der Waals surface area contributed by atoms with E-state index < -0.39 is 11.9 Å². The van der Waals surface area contributed by atoms with Crippen molar-refractivity contribution in [2.45, 2.75) is 31.6 Å². The minimum Gasteiger partial charge on any atom is -0.406 e. The van der Waals surface area contributed by atoms with Gasteiger partial charge in [0.25, 0.3) is 0 Å². The maximum absolute atomic E-state index is 13.5. The van der Waals surface area contributed by atoms with Crippen molar-refractivity contribution in [3.8, 4) is 0 Å². The molecular weight excluding hydrogens is 440 g/mol. The van der Waals surface area contributed by atoms with Crippen molar-refractivity contribution in [1.82, 2.24) is 10.6 Å². The number of rotatable bonds is 6. The van der Waals surface area contributed by atoms with E-state index in [4.69, 9.17) is 16.3 Å². The highest BCUT2D eigenvalue weighted by Gasteiger charge is 2.39. The zero-order chi connectivity index (χ0) is 23.4. The topological polar surface area (TPSA) is 84.5 Å². The van der Waals surface area contributed by atoms with Gasteiger partial charge in [0.15, 0.2) is 11.5 Å². The number of benzene rings is 2. The van der Waals surface area contributed by atoms with Gasteiger partial charge in [0.2, 0.25) is 5.78 Å². The van der Waals surface area contributed by atoms with Crippen LogP contribution < -0.4 is 10.6 Å². The van der Waals surface area contributed by atoms with Gasteiger partial charge in [-0.1, -0.05) is 48.0 Å². The van der Waals surface area contributed by atoms with Gasteiger partial charge in [-0.15, -0.1) is 0 Å². The molecule has 0 atom stereocenters. The van der Waals surface area contributed by atoms with Crippen molar-refractivity contribution in [1.29, 1.82) is 0 Å². The molecule has 4 rings (SSSR count). The average molecular weight is 467 g/mol. The minimum absolute atomic E-state index is 0.129. The molecule has 0 aliphatic heterocycles. The normalized spacial score (nSPS) is 20.4. The highest BCUT2D eigenvalue weighted by molar-refractivity contribution is 6.30. The first-order chi connectivity index (χ1) is 16.0. The Hall–Kier alpha value is -2.96. The van der Waals surface area contributed by atoms with Crippen LogP contribution in [0.5, 0.6) is 0 Å². The van der Waals surface area contributed by atoms with E-state index in [1.165, 1.54) is 5.56 Å². The van der Waals surface area contributed by atoms with Crippen LogP contribution in [0.3, 0.4) is 0 Å². The third-order valence-electron chi connectivity index (χ3n) is 6.43. The van der Waals surface area contributed by atoms with Crippen molar-refractivity contribution in [2.24, 2.45) is 5.92 Å². The summed E-state index contributed by atoms with van der Waals surface area (Å²) in [5.41, 5.74) is 2.21. The first kappa shape index (κ1) is 23.2. The summed E-state index contributed by atoms with van der Waals surface area (Å²) in [4.78, 5) is 39.1. The first-order valence-corrected chi connectivity index (χ1v) is 11.7. The molecule has 172 valence electrons. The lowest BCUT2D eigenvalue weighted by Crippen LogP contribution is -2.35. The Morgan fingerprint density at radius 3 is 2.15 bits per heavy atom. The summed E-state index contributed by atoms with van der Waals surface area (Å²) in [7, 11) is 1.77. The summed E-state index contributed by atoms with van der Waals surface area (Å²) in [5.74, 6) is -0.536. The number of fused-ring (bicyclic) bond motifs is 1. The van der Waals surface area contributed by atoms with Crippen LogP contribution in [0.15, 0.2) is 59.9 Å². The van der Waals surface area contributed by atoms with Crippen LogP contribution in [-0.2, 0) is 4.74 Å². The number of ketones is 2. The molecule has 33 heavy (non-hydrogen) atoms. The Balaban J connectivity index is 1.59. The zero-order valence-electron chi connectivity index (χ0n) is 18.5. The van der Waals surface area contributed by atoms with Crippen molar-refractivity contribution in [2.75, 3.05) is 20.1 Å². The lowest BCUT2D eigenvalue weighted by molar-refractivity contribution is 0.0889. The fourth-order valence-corrected chi connectivity index (χ4v) is 4.84. The van der Waals surface area contributed by atoms with Crippen LogP contribution >= 0.6 is 11.6 Å². The number of likely N-dealkylation sites (N-methyl/N-ethyl adjacent to an activating group) is 1. The van der Waals surface area contributed by atoms with Crippen LogP contribution in [-0.4, -0.2) is 37.8 Å². The van der Waals surface area contributed by atoms with Gasteiger partial charge < -0.3 is 15.4 Å². The Morgan fingerprint density at radius 2 is 1.52 bits per heavy atom. The predicted octanol–water partition coefficient (Wildman–Crippen LogP) is 4.89. The predicted molar refractivity (Wildman–Crippen MR) is 127 cm³/mol. The van der Waals surface area contributed by atoms with E-state index in [0.29, 0.717) is 35.2 Å². The highest BCUT2D eigenvalue weighted by Crippen LogP contribution is 2.42. The van der Waals surface area contributed by atoms with E-state index in [0.717, 1.165) is 25.7 Å². The fourth-order valence-electron chi connectivity index (χ4n) is 4.71. The Morgan fingerprint density at radius 1 is 0.909 bits per heavy atom. The molecule has 0 unspecified atom stereocenters. The smallest absolute Gasteiger partial charge is 0.406 e. The maximum Gasteiger partial charge on any atom is 0.412 e. The van der Waals surface area contributed by atoms with Crippen LogP contribution in [0.25, 0.3) is 0 Å². The molecule has 0 radical (unpaired) electrons. The second-order valence-electron chi connectivity index (χ2n) is 8.47. The fraction of sp³-hybridized carbons (Fsp3) is 0.346. The summed E-state index contributed by atoms with van der Waals surface area (Å²) >= 11 is 6.02. The van der Waals surface area contributed by atoms with Gasteiger partial charge in [-0.25, -0.2) is 4.79 Å². The molecule has 0 spiro atoms. The van der Waals surface area contributed by atoms with Crippen LogP contribution in [0, 0.1) is 5.92 Å². The van der Waals surface area contributed by atoms with Gasteiger partial charge in [0, 0.05) is 29.2 Å². The molecule has 6 nitrogen and oxygen atoms in total. The van der Waals surface area contributed by atoms with Crippen LogP contribution in [0.4, 0.5) is 4.79 Å². The van der Waals surface area contributed by atoms with Crippen molar-refractivity contribution in [3.63, 3.8) is 0 Å². The number of hydrogen-bond donors (Lipinski definition) is 2. The monoisotopic (exact) mass is 466 g/mol. The van der Waals surface area contributed by atoms with Crippen LogP contribution in [0.1, 0.15) is 57.9 Å². The second-order valence-corrected chi connectivity index (χ2v) is 8.90. The Bertz CT molecular complexity index is 1090. The molecule has 2 aromatic rings. The molecule has 0 aromatic heterocycles. The van der Waals surface area contributed by atoms with Crippen molar-refractivity contribution >= 4 is 29.3 Å². The number of hydrogen-bond acceptors (Lipinski definition) is 5. The van der Waals surface area contributed by atoms with Gasteiger partial charge >= 0.3 is 6.09 Å². The van der Waals surface area contributed by atoms with E-state index in [9.17, 15) is 14.4 Å². The SMILES string of the molecule is CNCCNC(=O)OC1=C(C2CCC(c3ccc(Cl)cc3)CC2)C(=O)c2ccccc2C1=O. The van der Waals surface area contributed by atoms with Gasteiger partial charge in [0.1, 0.15) is 0 Å². The molecule has 1 amide bonds. The number of nitrogens with one attached hydrogen (secondary N) is 2. The Kier molecular flexibility index (Phi) is 7.26. The largest absolute Gasteiger partial charge is 0.412 e. The first-order valence-electron chi connectivity index (χ1n) is 11.3. The van der Waals surface area contributed by atoms with Crippen LogP contribution in [0.2, 0.25) is 5.02 Å². The van der Waals surface area contributed by atoms with E-state index >= 15 is 0 Å². The van der Waals surface area contributed by atoms with Gasteiger partial charge in [0.05, 0.1) is 5.57 Å². The number of carbonyl (C=O) groups is 3. The molecule has 1 fully saturated rings. The van der Waals surface area contributed by atoms with Crippen molar-refractivity contribution < 1.29 is 19.1 Å². The number of carbonyl (C=O) groups excluding carboxylic acids is 3. The number of amides is 1. The summed E-state index contributed by atoms with van der Waals surface area (Å²) in [6.45, 7) is 0.911. The lowest BCUT2D eigenvalue weighted by atomic mass is 9.72. The summed E-state index contributed by atoms with van der Waals surface area (Å²) in [5, 5.41) is 6.25. The zero-order valence-corrected chi connectivity index (χ0v) is 19.3. The van der Waals surface area contributed by atoms with Crippen molar-refractivity contribution in [3.05, 3.63) is 81.6 Å². The standard InChI is InChI=1S/C26H27ClN2O4/c1-28-14-15-29-26(32)33-25-22(23(30)20-4-2-3-5-21(20)24(25)31)18-8-6-16(7-9-18)17-10-12-19(27)13-11-17/h2-5,10-13,16,18,28H,6-9,14-15H2,1H3,(H,29,32). The average Bonchev–Trinajstić information content (AvgIpc) is 2.83. The highest BCUT2D eigenvalue weighted by atomic mass is 35.5. The molecule has 7 heteroatoms. The third kappa shape index (κ3) is 5.02. The van der Waals surface area contributed by atoms with Gasteiger partial charge in [-0.3, -0.25) is 9.59 Å². The Labute approximate surface area is 198 Å². The molecule has 0 bridgehead atoms. The third-order valence-corrected chi connectivity index (χ3v) is 6.68. The summed E-state index contributed by atoms with van der Waals surface area (Å²) in [6, 6.07) is 14.6. The van der Waals surface area contributed by atoms with E-state index in [-0.39, 0.29) is 23.0 Å².